The quantitative estimate of drug-likeness (QED) is 0.873. The van der Waals surface area contributed by atoms with Crippen LogP contribution in [0.25, 0.3) is 0 Å². The summed E-state index contributed by atoms with van der Waals surface area (Å²) in [5.41, 5.74) is 2.78. The Bertz CT molecular complexity index is 688. The molecular formula is C16H22N4OS. The molecule has 0 N–H and O–H groups in total. The molecule has 0 bridgehead atoms. The van der Waals surface area contributed by atoms with Crippen LogP contribution in [0.4, 0.5) is 0 Å². The zero-order valence-electron chi connectivity index (χ0n) is 13.5. The Kier molecular flexibility index (Phi) is 4.04. The first-order valence-corrected chi connectivity index (χ1v) is 8.61. The van der Waals surface area contributed by atoms with Crippen molar-refractivity contribution >= 4 is 17.2 Å². The average molecular weight is 318 g/mol. The van der Waals surface area contributed by atoms with Crippen molar-refractivity contribution in [2.45, 2.75) is 46.1 Å². The molecule has 3 rings (SSSR count). The van der Waals surface area contributed by atoms with Gasteiger partial charge in [-0.1, -0.05) is 13.8 Å². The molecule has 2 aromatic heterocycles. The third kappa shape index (κ3) is 2.79. The maximum absolute atomic E-state index is 12.6. The molecule has 0 unspecified atom stereocenters. The van der Waals surface area contributed by atoms with E-state index in [1.54, 1.807) is 11.3 Å². The van der Waals surface area contributed by atoms with E-state index in [4.69, 9.17) is 0 Å². The van der Waals surface area contributed by atoms with Gasteiger partial charge in [-0.15, -0.1) is 11.3 Å². The maximum Gasteiger partial charge on any atom is 0.273 e. The molecule has 0 aliphatic carbocycles. The van der Waals surface area contributed by atoms with Gasteiger partial charge in [0, 0.05) is 30.1 Å². The molecule has 118 valence electrons. The van der Waals surface area contributed by atoms with Crippen molar-refractivity contribution < 1.29 is 4.79 Å². The van der Waals surface area contributed by atoms with E-state index in [1.807, 2.05) is 17.2 Å². The predicted octanol–water partition coefficient (Wildman–Crippen LogP) is 3.17. The van der Waals surface area contributed by atoms with Crippen LogP contribution in [0.1, 0.15) is 59.1 Å². The van der Waals surface area contributed by atoms with Crippen molar-refractivity contribution in [3.05, 3.63) is 33.5 Å². The van der Waals surface area contributed by atoms with Gasteiger partial charge in [0.05, 0.1) is 16.7 Å². The highest BCUT2D eigenvalue weighted by Crippen LogP contribution is 2.26. The number of likely N-dealkylation sites (tertiary alicyclic amines) is 1. The summed E-state index contributed by atoms with van der Waals surface area (Å²) in [7, 11) is 0. The van der Waals surface area contributed by atoms with Gasteiger partial charge in [0.15, 0.2) is 0 Å². The molecule has 1 fully saturated rings. The fourth-order valence-electron chi connectivity index (χ4n) is 2.95. The average Bonchev–Trinajstić information content (AvgIpc) is 3.16. The first-order valence-electron chi connectivity index (χ1n) is 7.73. The van der Waals surface area contributed by atoms with E-state index < -0.39 is 0 Å². The fourth-order valence-corrected chi connectivity index (χ4v) is 3.76. The summed E-state index contributed by atoms with van der Waals surface area (Å²) in [6.07, 6.45) is 0.953. The van der Waals surface area contributed by atoms with Crippen LogP contribution in [0.2, 0.25) is 0 Å². The van der Waals surface area contributed by atoms with Crippen LogP contribution in [-0.4, -0.2) is 38.7 Å². The largest absolute Gasteiger partial charge is 0.335 e. The first kappa shape index (κ1) is 15.2. The molecule has 6 heteroatoms. The van der Waals surface area contributed by atoms with Crippen LogP contribution in [-0.2, 0) is 0 Å². The molecule has 1 amide bonds. The number of amides is 1. The summed E-state index contributed by atoms with van der Waals surface area (Å²) >= 11 is 1.57. The van der Waals surface area contributed by atoms with Crippen molar-refractivity contribution in [1.82, 2.24) is 19.7 Å². The summed E-state index contributed by atoms with van der Waals surface area (Å²) in [5.74, 6) is 0.416. The number of nitrogens with zero attached hydrogens (tertiary/aromatic N) is 4. The minimum Gasteiger partial charge on any atom is -0.335 e. The number of thiazole rings is 1. The van der Waals surface area contributed by atoms with Crippen molar-refractivity contribution in [2.24, 2.45) is 0 Å². The number of carbonyl (C=O) groups excluding carboxylic acids is 1. The topological polar surface area (TPSA) is 51.0 Å². The Morgan fingerprint density at radius 1 is 1.41 bits per heavy atom. The summed E-state index contributed by atoms with van der Waals surface area (Å²) in [6, 6.07) is 2.36. The van der Waals surface area contributed by atoms with Crippen LogP contribution in [0.3, 0.4) is 0 Å². The first-order chi connectivity index (χ1) is 10.5. The van der Waals surface area contributed by atoms with Gasteiger partial charge in [0.25, 0.3) is 5.91 Å². The number of carbonyl (C=O) groups is 1. The number of rotatable bonds is 3. The number of aromatic nitrogens is 3. The zero-order valence-corrected chi connectivity index (χ0v) is 14.4. The van der Waals surface area contributed by atoms with E-state index in [-0.39, 0.29) is 11.9 Å². The lowest BCUT2D eigenvalue weighted by Crippen LogP contribution is -2.29. The highest BCUT2D eigenvalue weighted by atomic mass is 32.1. The van der Waals surface area contributed by atoms with Crippen molar-refractivity contribution in [3.8, 4) is 0 Å². The van der Waals surface area contributed by atoms with E-state index in [1.165, 1.54) is 0 Å². The van der Waals surface area contributed by atoms with E-state index in [0.29, 0.717) is 11.6 Å². The second kappa shape index (κ2) is 5.83. The van der Waals surface area contributed by atoms with Gasteiger partial charge >= 0.3 is 0 Å². The van der Waals surface area contributed by atoms with E-state index >= 15 is 0 Å². The summed E-state index contributed by atoms with van der Waals surface area (Å²) in [5, 5.41) is 7.46. The zero-order chi connectivity index (χ0) is 15.9. The second-order valence-electron chi connectivity index (χ2n) is 6.29. The molecule has 0 spiro atoms. The van der Waals surface area contributed by atoms with Crippen LogP contribution in [0.5, 0.6) is 0 Å². The van der Waals surface area contributed by atoms with Gasteiger partial charge in [-0.25, -0.2) is 4.98 Å². The standard InChI is InChI=1S/C16H22N4OS/c1-10(2)15-17-14(9-22-15)16(21)19-6-5-13(8-19)20-12(4)7-11(3)18-20/h7,9-10,13H,5-6,8H2,1-4H3/t13-/m1/s1. The fraction of sp³-hybridized carbons (Fsp3) is 0.562. The lowest BCUT2D eigenvalue weighted by molar-refractivity contribution is 0.0781. The summed E-state index contributed by atoms with van der Waals surface area (Å²) < 4.78 is 2.06. The van der Waals surface area contributed by atoms with Crippen molar-refractivity contribution in [2.75, 3.05) is 13.1 Å². The SMILES string of the molecule is Cc1cc(C)n([C@@H]2CCN(C(=O)c3csc(C(C)C)n3)C2)n1. The monoisotopic (exact) mass is 318 g/mol. The lowest BCUT2D eigenvalue weighted by atomic mass is 10.2. The molecule has 0 radical (unpaired) electrons. The second-order valence-corrected chi connectivity index (χ2v) is 7.18. The normalized spacial score (nSPS) is 18.4. The molecule has 1 aliphatic rings. The van der Waals surface area contributed by atoms with Crippen molar-refractivity contribution in [3.63, 3.8) is 0 Å². The molecule has 3 heterocycles. The number of hydrogen-bond donors (Lipinski definition) is 0. The highest BCUT2D eigenvalue weighted by molar-refractivity contribution is 7.09. The molecule has 22 heavy (non-hydrogen) atoms. The molecule has 0 saturated carbocycles. The van der Waals surface area contributed by atoms with E-state index in [0.717, 1.165) is 35.9 Å². The Morgan fingerprint density at radius 3 is 2.77 bits per heavy atom. The van der Waals surface area contributed by atoms with E-state index in [2.05, 4.69) is 41.6 Å². The van der Waals surface area contributed by atoms with Crippen LogP contribution < -0.4 is 0 Å². The van der Waals surface area contributed by atoms with Gasteiger partial charge in [-0.2, -0.15) is 5.10 Å². The Balaban J connectivity index is 1.71. The third-order valence-corrected chi connectivity index (χ3v) is 5.22. The third-order valence-electron chi connectivity index (χ3n) is 4.08. The van der Waals surface area contributed by atoms with Gasteiger partial charge in [-0.3, -0.25) is 9.48 Å². The molecule has 1 saturated heterocycles. The Hall–Kier alpha value is -1.69. The van der Waals surface area contributed by atoms with Crippen LogP contribution in [0.15, 0.2) is 11.4 Å². The molecule has 2 aromatic rings. The maximum atomic E-state index is 12.6. The van der Waals surface area contributed by atoms with Gasteiger partial charge in [0.2, 0.25) is 0 Å². The lowest BCUT2D eigenvalue weighted by Gasteiger charge is -2.16. The summed E-state index contributed by atoms with van der Waals surface area (Å²) in [6.45, 7) is 9.76. The van der Waals surface area contributed by atoms with Gasteiger partial charge in [-0.05, 0) is 26.3 Å². The predicted molar refractivity (Wildman–Crippen MR) is 87.5 cm³/mol. The Labute approximate surface area is 135 Å². The van der Waals surface area contributed by atoms with E-state index in [9.17, 15) is 4.79 Å². The summed E-state index contributed by atoms with van der Waals surface area (Å²) in [4.78, 5) is 19.0. The smallest absolute Gasteiger partial charge is 0.273 e. The van der Waals surface area contributed by atoms with Crippen molar-refractivity contribution in [1.29, 1.82) is 0 Å². The highest BCUT2D eigenvalue weighted by Gasteiger charge is 2.30. The minimum absolute atomic E-state index is 0.0483. The number of aryl methyl sites for hydroxylation is 2. The Morgan fingerprint density at radius 2 is 2.18 bits per heavy atom. The minimum atomic E-state index is 0.0483. The molecule has 1 aliphatic heterocycles. The molecule has 0 aromatic carbocycles. The molecular weight excluding hydrogens is 296 g/mol. The van der Waals surface area contributed by atoms with Gasteiger partial charge < -0.3 is 4.90 Å². The molecule has 1 atom stereocenters. The van der Waals surface area contributed by atoms with Crippen LogP contribution >= 0.6 is 11.3 Å². The van der Waals surface area contributed by atoms with Gasteiger partial charge in [0.1, 0.15) is 5.69 Å². The number of hydrogen-bond acceptors (Lipinski definition) is 4. The molecule has 5 nitrogen and oxygen atoms in total. The van der Waals surface area contributed by atoms with Crippen LogP contribution in [0, 0.1) is 13.8 Å².